The van der Waals surface area contributed by atoms with Gasteiger partial charge in [0.2, 0.25) is 5.91 Å². The molecule has 0 radical (unpaired) electrons. The molecule has 0 aliphatic heterocycles. The molecular formula is C19H17ClF3NO. The molecule has 2 nitrogen and oxygen atoms in total. The number of amides is 1. The Morgan fingerprint density at radius 3 is 2.32 bits per heavy atom. The van der Waals surface area contributed by atoms with Crippen LogP contribution in [0.5, 0.6) is 0 Å². The molecule has 25 heavy (non-hydrogen) atoms. The van der Waals surface area contributed by atoms with Crippen LogP contribution in [0.4, 0.5) is 13.2 Å². The highest BCUT2D eigenvalue weighted by Gasteiger charge is 2.51. The standard InChI is InChI=1S/C19H17ClF3NO/c20-15-7-5-14(6-8-15)18(10-11-18)17(25)24-12-9-13-3-1-2-4-16(13)19(21,22)23/h1-8H,9-12H2,(H,24,25). The first-order valence-corrected chi connectivity index (χ1v) is 8.40. The van der Waals surface area contributed by atoms with Gasteiger partial charge in [-0.2, -0.15) is 13.2 Å². The zero-order chi connectivity index (χ0) is 18.1. The SMILES string of the molecule is O=C(NCCc1ccccc1C(F)(F)F)C1(c2ccc(Cl)cc2)CC1. The second-order valence-electron chi connectivity index (χ2n) is 6.25. The van der Waals surface area contributed by atoms with Crippen molar-refractivity contribution in [2.75, 3.05) is 6.54 Å². The maximum Gasteiger partial charge on any atom is 0.416 e. The molecule has 0 bridgehead atoms. The molecule has 2 aromatic carbocycles. The summed E-state index contributed by atoms with van der Waals surface area (Å²) in [4.78, 5) is 12.5. The largest absolute Gasteiger partial charge is 0.416 e. The third-order valence-corrected chi connectivity index (χ3v) is 4.84. The summed E-state index contributed by atoms with van der Waals surface area (Å²) < 4.78 is 39.0. The zero-order valence-corrected chi connectivity index (χ0v) is 14.1. The molecular weight excluding hydrogens is 351 g/mol. The minimum absolute atomic E-state index is 0.137. The molecule has 0 atom stereocenters. The fraction of sp³-hybridized carbons (Fsp3) is 0.316. The van der Waals surface area contributed by atoms with E-state index in [2.05, 4.69) is 5.32 Å². The van der Waals surface area contributed by atoms with Crippen LogP contribution in [0.15, 0.2) is 48.5 Å². The van der Waals surface area contributed by atoms with Crippen LogP contribution >= 0.6 is 11.6 Å². The molecule has 1 aliphatic carbocycles. The van der Waals surface area contributed by atoms with Crippen molar-refractivity contribution in [2.45, 2.75) is 30.9 Å². The van der Waals surface area contributed by atoms with Crippen LogP contribution < -0.4 is 5.32 Å². The number of halogens is 4. The molecule has 0 unspecified atom stereocenters. The van der Waals surface area contributed by atoms with Crippen LogP contribution in [0.25, 0.3) is 0 Å². The van der Waals surface area contributed by atoms with E-state index in [1.807, 2.05) is 12.1 Å². The summed E-state index contributed by atoms with van der Waals surface area (Å²) in [7, 11) is 0. The number of benzene rings is 2. The van der Waals surface area contributed by atoms with Crippen molar-refractivity contribution in [3.63, 3.8) is 0 Å². The maximum absolute atomic E-state index is 13.0. The Morgan fingerprint density at radius 2 is 1.72 bits per heavy atom. The van der Waals surface area contributed by atoms with Crippen LogP contribution in [-0.2, 0) is 22.8 Å². The van der Waals surface area contributed by atoms with Crippen molar-refractivity contribution in [1.29, 1.82) is 0 Å². The van der Waals surface area contributed by atoms with Crippen LogP contribution in [-0.4, -0.2) is 12.5 Å². The molecule has 0 saturated heterocycles. The van der Waals surface area contributed by atoms with Gasteiger partial charge in [0.15, 0.2) is 0 Å². The van der Waals surface area contributed by atoms with E-state index in [4.69, 9.17) is 11.6 Å². The van der Waals surface area contributed by atoms with Crippen LogP contribution in [0, 0.1) is 0 Å². The Hall–Kier alpha value is -2.01. The Labute approximate surface area is 149 Å². The molecule has 1 fully saturated rings. The van der Waals surface area contributed by atoms with Gasteiger partial charge in [-0.05, 0) is 48.6 Å². The van der Waals surface area contributed by atoms with E-state index in [-0.39, 0.29) is 24.4 Å². The number of hydrogen-bond donors (Lipinski definition) is 1. The molecule has 0 spiro atoms. The zero-order valence-electron chi connectivity index (χ0n) is 13.4. The number of alkyl halides is 3. The van der Waals surface area contributed by atoms with Gasteiger partial charge in [0.05, 0.1) is 11.0 Å². The molecule has 6 heteroatoms. The van der Waals surface area contributed by atoms with Gasteiger partial charge in [-0.1, -0.05) is 41.9 Å². The normalized spacial score (nSPS) is 15.7. The van der Waals surface area contributed by atoms with Gasteiger partial charge in [0.25, 0.3) is 0 Å². The van der Waals surface area contributed by atoms with E-state index in [1.165, 1.54) is 12.1 Å². The second kappa shape index (κ2) is 6.71. The summed E-state index contributed by atoms with van der Waals surface area (Å²) in [5.41, 5.74) is -0.131. The topological polar surface area (TPSA) is 29.1 Å². The van der Waals surface area contributed by atoms with Crippen LogP contribution in [0.2, 0.25) is 5.02 Å². The number of nitrogens with one attached hydrogen (secondary N) is 1. The van der Waals surface area contributed by atoms with Crippen molar-refractivity contribution < 1.29 is 18.0 Å². The minimum atomic E-state index is -4.39. The van der Waals surface area contributed by atoms with Gasteiger partial charge >= 0.3 is 6.18 Å². The van der Waals surface area contributed by atoms with Gasteiger partial charge in [0, 0.05) is 11.6 Å². The number of carbonyl (C=O) groups is 1. The Kier molecular flexibility index (Phi) is 4.78. The Morgan fingerprint density at radius 1 is 1.08 bits per heavy atom. The second-order valence-corrected chi connectivity index (χ2v) is 6.69. The molecule has 3 rings (SSSR count). The van der Waals surface area contributed by atoms with Crippen molar-refractivity contribution in [2.24, 2.45) is 0 Å². The molecule has 1 N–H and O–H groups in total. The van der Waals surface area contributed by atoms with E-state index in [0.29, 0.717) is 5.02 Å². The van der Waals surface area contributed by atoms with Crippen molar-refractivity contribution >= 4 is 17.5 Å². The summed E-state index contributed by atoms with van der Waals surface area (Å²) in [6.07, 6.45) is -2.78. The molecule has 1 aliphatic rings. The number of carbonyl (C=O) groups excluding carboxylic acids is 1. The van der Waals surface area contributed by atoms with Gasteiger partial charge in [-0.3, -0.25) is 4.79 Å². The van der Waals surface area contributed by atoms with E-state index in [9.17, 15) is 18.0 Å². The first-order chi connectivity index (χ1) is 11.8. The van der Waals surface area contributed by atoms with Gasteiger partial charge in [-0.15, -0.1) is 0 Å². The van der Waals surface area contributed by atoms with Gasteiger partial charge in [0.1, 0.15) is 0 Å². The average Bonchev–Trinajstić information content (AvgIpc) is 3.37. The van der Waals surface area contributed by atoms with Crippen LogP contribution in [0.1, 0.15) is 29.5 Å². The lowest BCUT2D eigenvalue weighted by Gasteiger charge is -2.17. The molecule has 1 saturated carbocycles. The van der Waals surface area contributed by atoms with Gasteiger partial charge in [-0.25, -0.2) is 0 Å². The monoisotopic (exact) mass is 367 g/mol. The van der Waals surface area contributed by atoms with E-state index in [1.54, 1.807) is 18.2 Å². The first kappa shape index (κ1) is 17.8. The van der Waals surface area contributed by atoms with Crippen molar-refractivity contribution in [1.82, 2.24) is 5.32 Å². The average molecular weight is 368 g/mol. The fourth-order valence-corrected chi connectivity index (χ4v) is 3.16. The highest BCUT2D eigenvalue weighted by Crippen LogP contribution is 2.48. The number of hydrogen-bond acceptors (Lipinski definition) is 1. The fourth-order valence-electron chi connectivity index (χ4n) is 3.04. The van der Waals surface area contributed by atoms with E-state index < -0.39 is 17.2 Å². The van der Waals surface area contributed by atoms with E-state index >= 15 is 0 Å². The number of rotatable bonds is 5. The summed E-state index contributed by atoms with van der Waals surface area (Å²) in [6.45, 7) is 0.168. The maximum atomic E-state index is 13.0. The third-order valence-electron chi connectivity index (χ3n) is 4.58. The summed E-state index contributed by atoms with van der Waals surface area (Å²) in [6, 6.07) is 12.6. The molecule has 0 heterocycles. The van der Waals surface area contributed by atoms with Crippen molar-refractivity contribution in [3.8, 4) is 0 Å². The predicted octanol–water partition coefficient (Wildman–Crippen LogP) is 4.75. The first-order valence-electron chi connectivity index (χ1n) is 8.02. The lowest BCUT2D eigenvalue weighted by atomic mass is 9.95. The highest BCUT2D eigenvalue weighted by atomic mass is 35.5. The van der Waals surface area contributed by atoms with Crippen LogP contribution in [0.3, 0.4) is 0 Å². The lowest BCUT2D eigenvalue weighted by Crippen LogP contribution is -2.36. The highest BCUT2D eigenvalue weighted by molar-refractivity contribution is 6.30. The Balaban J connectivity index is 1.63. The van der Waals surface area contributed by atoms with E-state index in [0.717, 1.165) is 24.5 Å². The predicted molar refractivity (Wildman–Crippen MR) is 90.5 cm³/mol. The minimum Gasteiger partial charge on any atom is -0.355 e. The summed E-state index contributed by atoms with van der Waals surface area (Å²) in [5.74, 6) is -0.140. The lowest BCUT2D eigenvalue weighted by molar-refractivity contribution is -0.138. The van der Waals surface area contributed by atoms with Gasteiger partial charge < -0.3 is 5.32 Å². The molecule has 0 aromatic heterocycles. The molecule has 2 aromatic rings. The molecule has 132 valence electrons. The quantitative estimate of drug-likeness (QED) is 0.811. The third kappa shape index (κ3) is 3.82. The summed E-state index contributed by atoms with van der Waals surface area (Å²) >= 11 is 5.87. The summed E-state index contributed by atoms with van der Waals surface area (Å²) in [5, 5.41) is 3.39. The Bertz CT molecular complexity index is 767. The smallest absolute Gasteiger partial charge is 0.355 e. The molecule has 1 amide bonds. The van der Waals surface area contributed by atoms with Crippen molar-refractivity contribution in [3.05, 3.63) is 70.2 Å².